The molecule has 1 radical (unpaired) electrons. The van der Waals surface area contributed by atoms with Crippen LogP contribution in [0.5, 0.6) is 11.6 Å². The third-order valence-electron chi connectivity index (χ3n) is 1.53. The Morgan fingerprint density at radius 2 is 2.00 bits per heavy atom. The maximum atomic E-state index is 5.72. The zero-order chi connectivity index (χ0) is 9.80. The highest BCUT2D eigenvalue weighted by atomic mass is 35.5. The standard InChI is InChI=1S/C10H6ClN2O/c11-8-1-3-9(4-2-8)14-10-7-12-5-6-13-10/h1-5,7H. The van der Waals surface area contributed by atoms with Crippen molar-refractivity contribution in [1.82, 2.24) is 9.97 Å². The van der Waals surface area contributed by atoms with Gasteiger partial charge in [-0.2, -0.15) is 0 Å². The van der Waals surface area contributed by atoms with Crippen LogP contribution in [0.1, 0.15) is 0 Å². The molecule has 2 rings (SSSR count). The number of rotatable bonds is 2. The SMILES string of the molecule is Clc1ccc(Oc2cnc[c]n2)cc1. The summed E-state index contributed by atoms with van der Waals surface area (Å²) in [5, 5.41) is 0.669. The molecule has 1 aromatic heterocycles. The van der Waals surface area contributed by atoms with Crippen molar-refractivity contribution < 1.29 is 4.74 Å². The van der Waals surface area contributed by atoms with Crippen molar-refractivity contribution in [2.75, 3.05) is 0 Å². The summed E-state index contributed by atoms with van der Waals surface area (Å²) in [4.78, 5) is 7.68. The number of aromatic nitrogens is 2. The molecular formula is C10H6ClN2O. The van der Waals surface area contributed by atoms with E-state index in [2.05, 4.69) is 16.2 Å². The lowest BCUT2D eigenvalue weighted by atomic mass is 10.3. The Kier molecular flexibility index (Phi) is 2.60. The van der Waals surface area contributed by atoms with Crippen molar-refractivity contribution in [3.8, 4) is 11.6 Å². The Balaban J connectivity index is 2.16. The highest BCUT2D eigenvalue weighted by Gasteiger charge is 1.97. The Bertz CT molecular complexity index is 402. The minimum absolute atomic E-state index is 0.412. The molecule has 4 heteroatoms. The predicted molar refractivity (Wildman–Crippen MR) is 52.4 cm³/mol. The molecule has 0 atom stereocenters. The number of ether oxygens (including phenoxy) is 1. The molecular weight excluding hydrogens is 200 g/mol. The van der Waals surface area contributed by atoms with Gasteiger partial charge in [-0.05, 0) is 24.3 Å². The van der Waals surface area contributed by atoms with Crippen LogP contribution in [0.15, 0.2) is 36.7 Å². The normalized spacial score (nSPS) is 9.79. The van der Waals surface area contributed by atoms with Gasteiger partial charge in [0.25, 0.3) is 0 Å². The molecule has 14 heavy (non-hydrogen) atoms. The quantitative estimate of drug-likeness (QED) is 0.756. The van der Waals surface area contributed by atoms with Crippen molar-refractivity contribution in [3.63, 3.8) is 0 Å². The van der Waals surface area contributed by atoms with E-state index in [1.54, 1.807) is 24.3 Å². The van der Waals surface area contributed by atoms with Crippen LogP contribution < -0.4 is 4.74 Å². The van der Waals surface area contributed by atoms with Gasteiger partial charge < -0.3 is 4.74 Å². The van der Waals surface area contributed by atoms with Gasteiger partial charge in [-0.25, -0.2) is 4.98 Å². The molecule has 0 aliphatic heterocycles. The molecule has 0 aliphatic carbocycles. The van der Waals surface area contributed by atoms with E-state index in [0.29, 0.717) is 16.7 Å². The monoisotopic (exact) mass is 205 g/mol. The third kappa shape index (κ3) is 2.20. The predicted octanol–water partition coefficient (Wildman–Crippen LogP) is 2.72. The molecule has 0 N–H and O–H groups in total. The van der Waals surface area contributed by atoms with Gasteiger partial charge in [0, 0.05) is 5.02 Å². The molecule has 1 heterocycles. The van der Waals surface area contributed by atoms with Crippen LogP contribution in [-0.4, -0.2) is 9.97 Å². The molecule has 0 saturated carbocycles. The summed E-state index contributed by atoms with van der Waals surface area (Å²) in [6.07, 6.45) is 5.57. The summed E-state index contributed by atoms with van der Waals surface area (Å²) in [6.45, 7) is 0. The van der Waals surface area contributed by atoms with E-state index in [1.807, 2.05) is 0 Å². The van der Waals surface area contributed by atoms with Crippen LogP contribution in [-0.2, 0) is 0 Å². The van der Waals surface area contributed by atoms with Crippen molar-refractivity contribution in [1.29, 1.82) is 0 Å². The minimum atomic E-state index is 0.412. The number of nitrogens with zero attached hydrogens (tertiary/aromatic N) is 2. The fraction of sp³-hybridized carbons (Fsp3) is 0. The second-order valence-corrected chi connectivity index (χ2v) is 2.98. The first-order chi connectivity index (χ1) is 6.84. The van der Waals surface area contributed by atoms with E-state index < -0.39 is 0 Å². The molecule has 0 saturated heterocycles. The molecule has 0 bridgehead atoms. The summed E-state index contributed by atoms with van der Waals surface area (Å²) in [5.41, 5.74) is 0. The smallest absolute Gasteiger partial charge is 0.238 e. The number of halogens is 1. The fourth-order valence-corrected chi connectivity index (χ4v) is 1.05. The summed E-state index contributed by atoms with van der Waals surface area (Å²) in [6, 6.07) is 7.02. The van der Waals surface area contributed by atoms with Crippen molar-refractivity contribution >= 4 is 11.6 Å². The van der Waals surface area contributed by atoms with Crippen molar-refractivity contribution in [3.05, 3.63) is 47.9 Å². The number of benzene rings is 1. The first-order valence-corrected chi connectivity index (χ1v) is 4.34. The van der Waals surface area contributed by atoms with Crippen LogP contribution >= 0.6 is 11.6 Å². The molecule has 2 aromatic rings. The molecule has 0 fully saturated rings. The second kappa shape index (κ2) is 4.07. The third-order valence-corrected chi connectivity index (χ3v) is 1.78. The van der Waals surface area contributed by atoms with Gasteiger partial charge in [0.05, 0.1) is 12.4 Å². The first kappa shape index (κ1) is 8.97. The van der Waals surface area contributed by atoms with Crippen molar-refractivity contribution in [2.45, 2.75) is 0 Å². The summed E-state index contributed by atoms with van der Waals surface area (Å²) in [7, 11) is 0. The average molecular weight is 206 g/mol. The molecule has 0 amide bonds. The summed E-state index contributed by atoms with van der Waals surface area (Å²) >= 11 is 5.72. The minimum Gasteiger partial charge on any atom is -0.437 e. The number of hydrogen-bond acceptors (Lipinski definition) is 3. The topological polar surface area (TPSA) is 35.0 Å². The van der Waals surface area contributed by atoms with Crippen LogP contribution in [0.4, 0.5) is 0 Å². The van der Waals surface area contributed by atoms with Gasteiger partial charge in [-0.1, -0.05) is 11.6 Å². The molecule has 3 nitrogen and oxygen atoms in total. The average Bonchev–Trinajstić information content (AvgIpc) is 2.23. The van der Waals surface area contributed by atoms with Crippen LogP contribution in [0.25, 0.3) is 0 Å². The summed E-state index contributed by atoms with van der Waals surface area (Å²) in [5.74, 6) is 1.08. The molecule has 0 aliphatic rings. The Labute approximate surface area is 86.3 Å². The van der Waals surface area contributed by atoms with Gasteiger partial charge >= 0.3 is 0 Å². The van der Waals surface area contributed by atoms with Gasteiger partial charge in [0.2, 0.25) is 5.88 Å². The second-order valence-electron chi connectivity index (χ2n) is 2.54. The zero-order valence-corrected chi connectivity index (χ0v) is 7.90. The fourth-order valence-electron chi connectivity index (χ4n) is 0.928. The molecule has 0 unspecified atom stereocenters. The number of hydrogen-bond donors (Lipinski definition) is 0. The lowest BCUT2D eigenvalue weighted by Crippen LogP contribution is -1.87. The lowest BCUT2D eigenvalue weighted by molar-refractivity contribution is 0.460. The van der Waals surface area contributed by atoms with E-state index >= 15 is 0 Å². The Morgan fingerprint density at radius 3 is 2.64 bits per heavy atom. The summed E-state index contributed by atoms with van der Waals surface area (Å²) < 4.78 is 5.37. The van der Waals surface area contributed by atoms with Crippen LogP contribution in [0.2, 0.25) is 5.02 Å². The largest absolute Gasteiger partial charge is 0.437 e. The highest BCUT2D eigenvalue weighted by molar-refractivity contribution is 6.30. The van der Waals surface area contributed by atoms with Crippen LogP contribution in [0.3, 0.4) is 0 Å². The molecule has 1 aromatic carbocycles. The van der Waals surface area contributed by atoms with Gasteiger partial charge in [0.15, 0.2) is 0 Å². The lowest BCUT2D eigenvalue weighted by Gasteiger charge is -2.02. The van der Waals surface area contributed by atoms with Crippen LogP contribution in [0, 0.1) is 6.20 Å². The first-order valence-electron chi connectivity index (χ1n) is 3.96. The molecule has 0 spiro atoms. The maximum absolute atomic E-state index is 5.72. The van der Waals surface area contributed by atoms with Gasteiger partial charge in [-0.15, -0.1) is 0 Å². The van der Waals surface area contributed by atoms with E-state index in [4.69, 9.17) is 16.3 Å². The van der Waals surface area contributed by atoms with Crippen molar-refractivity contribution in [2.24, 2.45) is 0 Å². The van der Waals surface area contributed by atoms with E-state index in [1.165, 1.54) is 12.4 Å². The molecule has 69 valence electrons. The maximum Gasteiger partial charge on any atom is 0.238 e. The van der Waals surface area contributed by atoms with Gasteiger partial charge in [-0.3, -0.25) is 4.98 Å². The zero-order valence-electron chi connectivity index (χ0n) is 7.14. The van der Waals surface area contributed by atoms with Gasteiger partial charge in [0.1, 0.15) is 11.9 Å². The van der Waals surface area contributed by atoms with E-state index in [-0.39, 0.29) is 0 Å². The Hall–Kier alpha value is -1.61. The van der Waals surface area contributed by atoms with E-state index in [9.17, 15) is 0 Å². The van der Waals surface area contributed by atoms with E-state index in [0.717, 1.165) is 0 Å². The Morgan fingerprint density at radius 1 is 1.21 bits per heavy atom. The highest BCUT2D eigenvalue weighted by Crippen LogP contribution is 2.20.